The van der Waals surface area contributed by atoms with Crippen LogP contribution in [-0.2, 0) is 39.1 Å². The molecule has 0 saturated carbocycles. The Labute approximate surface area is 203 Å². The smallest absolute Gasteiger partial charge is 0.243 e. The molecular weight excluding hydrogens is 450 g/mol. The molecule has 2 saturated heterocycles. The maximum Gasteiger partial charge on any atom is 0.243 e. The summed E-state index contributed by atoms with van der Waals surface area (Å²) in [4.78, 5) is 15.1. The minimum Gasteiger partial charge on any atom is -0.376 e. The number of sulfonamides is 1. The molecule has 4 rings (SSSR count). The highest BCUT2D eigenvalue weighted by Gasteiger charge is 2.26. The third-order valence-electron chi connectivity index (χ3n) is 6.48. The summed E-state index contributed by atoms with van der Waals surface area (Å²) in [5.74, 6) is -0.0128. The van der Waals surface area contributed by atoms with E-state index in [2.05, 4.69) is 29.3 Å². The molecule has 1 atom stereocenters. The van der Waals surface area contributed by atoms with Crippen molar-refractivity contribution in [2.75, 3.05) is 32.8 Å². The van der Waals surface area contributed by atoms with E-state index in [0.717, 1.165) is 50.2 Å². The van der Waals surface area contributed by atoms with Gasteiger partial charge in [-0.3, -0.25) is 9.69 Å². The van der Waals surface area contributed by atoms with Crippen molar-refractivity contribution in [1.82, 2.24) is 14.5 Å². The van der Waals surface area contributed by atoms with Crippen LogP contribution in [0, 0.1) is 0 Å². The zero-order chi connectivity index (χ0) is 24.0. The number of carbonyl (C=O) groups excluding carboxylic acids is 1. The Morgan fingerprint density at radius 2 is 1.76 bits per heavy atom. The van der Waals surface area contributed by atoms with Crippen LogP contribution in [0.2, 0.25) is 0 Å². The Kier molecular flexibility index (Phi) is 8.37. The van der Waals surface area contributed by atoms with Crippen molar-refractivity contribution in [1.29, 1.82) is 0 Å². The van der Waals surface area contributed by atoms with Gasteiger partial charge in [0, 0.05) is 45.7 Å². The van der Waals surface area contributed by atoms with Gasteiger partial charge in [0.1, 0.15) is 0 Å². The Hall–Kier alpha value is -2.26. The lowest BCUT2D eigenvalue weighted by Gasteiger charge is -2.31. The van der Waals surface area contributed by atoms with Crippen LogP contribution in [0.25, 0.3) is 0 Å². The predicted molar refractivity (Wildman–Crippen MR) is 132 cm³/mol. The number of morpholine rings is 1. The number of ether oxygens (including phenoxy) is 1. The van der Waals surface area contributed by atoms with E-state index in [9.17, 15) is 13.2 Å². The van der Waals surface area contributed by atoms with Gasteiger partial charge in [0.15, 0.2) is 0 Å². The highest BCUT2D eigenvalue weighted by atomic mass is 32.2. The Balaban J connectivity index is 1.23. The fraction of sp³-hybridized carbons (Fsp3) is 0.500. The largest absolute Gasteiger partial charge is 0.376 e. The summed E-state index contributed by atoms with van der Waals surface area (Å²) in [5.41, 5.74) is 3.28. The van der Waals surface area contributed by atoms with Crippen LogP contribution in [0.15, 0.2) is 53.4 Å². The van der Waals surface area contributed by atoms with Crippen molar-refractivity contribution < 1.29 is 17.9 Å². The molecule has 0 aliphatic carbocycles. The zero-order valence-corrected chi connectivity index (χ0v) is 20.7. The van der Waals surface area contributed by atoms with Crippen LogP contribution >= 0.6 is 0 Å². The molecule has 2 heterocycles. The second-order valence-electron chi connectivity index (χ2n) is 9.27. The second kappa shape index (κ2) is 11.4. The first-order chi connectivity index (χ1) is 16.4. The molecular formula is C26H35N3O4S. The summed E-state index contributed by atoms with van der Waals surface area (Å²) in [5, 5.41) is 3.00. The molecule has 2 aliphatic heterocycles. The number of carbonyl (C=O) groups is 1. The Morgan fingerprint density at radius 1 is 1.03 bits per heavy atom. The van der Waals surface area contributed by atoms with E-state index in [1.165, 1.54) is 5.56 Å². The van der Waals surface area contributed by atoms with Crippen LogP contribution in [-0.4, -0.2) is 62.4 Å². The number of hydrogen-bond donors (Lipinski definition) is 1. The van der Waals surface area contributed by atoms with Gasteiger partial charge >= 0.3 is 0 Å². The normalized spacial score (nSPS) is 19.9. The van der Waals surface area contributed by atoms with Crippen molar-refractivity contribution in [3.8, 4) is 0 Å². The van der Waals surface area contributed by atoms with Gasteiger partial charge in [-0.05, 0) is 55.0 Å². The van der Waals surface area contributed by atoms with E-state index in [0.29, 0.717) is 37.4 Å². The highest BCUT2D eigenvalue weighted by molar-refractivity contribution is 7.89. The van der Waals surface area contributed by atoms with Gasteiger partial charge in [-0.1, -0.05) is 36.4 Å². The fourth-order valence-electron chi connectivity index (χ4n) is 4.58. The first-order valence-corrected chi connectivity index (χ1v) is 13.6. The summed E-state index contributed by atoms with van der Waals surface area (Å²) >= 11 is 0. The monoisotopic (exact) mass is 485 g/mol. The summed E-state index contributed by atoms with van der Waals surface area (Å²) in [6.07, 6.45) is 3.05. The van der Waals surface area contributed by atoms with Crippen LogP contribution in [0.1, 0.15) is 42.9 Å². The standard InChI is InChI=1S/C26H35N3O4S/c1-21-19-28(15-16-33-21)20-24-6-4-5-23(17-24)18-27-26(30)12-9-22-7-10-25(11-8-22)34(31,32)29-13-2-3-14-29/h4-8,10-11,17,21H,2-3,9,12-16,18-20H2,1H3,(H,27,30). The van der Waals surface area contributed by atoms with Crippen molar-refractivity contribution in [2.24, 2.45) is 0 Å². The van der Waals surface area contributed by atoms with Crippen LogP contribution in [0.3, 0.4) is 0 Å². The van der Waals surface area contributed by atoms with Gasteiger partial charge in [-0.15, -0.1) is 0 Å². The fourth-order valence-corrected chi connectivity index (χ4v) is 6.10. The lowest BCUT2D eigenvalue weighted by atomic mass is 10.1. The van der Waals surface area contributed by atoms with E-state index in [1.54, 1.807) is 16.4 Å². The molecule has 0 bridgehead atoms. The van der Waals surface area contributed by atoms with Gasteiger partial charge in [0.25, 0.3) is 0 Å². The van der Waals surface area contributed by atoms with Crippen LogP contribution < -0.4 is 5.32 Å². The molecule has 2 aromatic carbocycles. The SMILES string of the molecule is CC1CN(Cc2cccc(CNC(=O)CCc3ccc(S(=O)(=O)N4CCCC4)cc3)c2)CCO1. The number of hydrogen-bond acceptors (Lipinski definition) is 5. The molecule has 1 N–H and O–H groups in total. The summed E-state index contributed by atoms with van der Waals surface area (Å²) in [6.45, 7) is 7.33. The topological polar surface area (TPSA) is 79.0 Å². The highest BCUT2D eigenvalue weighted by Crippen LogP contribution is 2.21. The van der Waals surface area contributed by atoms with Gasteiger partial charge < -0.3 is 10.1 Å². The van der Waals surface area contributed by atoms with Crippen molar-refractivity contribution in [3.63, 3.8) is 0 Å². The number of nitrogens with one attached hydrogen (secondary N) is 1. The first-order valence-electron chi connectivity index (χ1n) is 12.2. The van der Waals surface area contributed by atoms with Gasteiger partial charge in [-0.2, -0.15) is 4.31 Å². The van der Waals surface area contributed by atoms with E-state index in [4.69, 9.17) is 4.74 Å². The second-order valence-corrected chi connectivity index (χ2v) is 11.2. The van der Waals surface area contributed by atoms with Gasteiger partial charge in [0.05, 0.1) is 17.6 Å². The first kappa shape index (κ1) is 24.9. The summed E-state index contributed by atoms with van der Waals surface area (Å²) in [7, 11) is -3.40. The van der Waals surface area contributed by atoms with Crippen LogP contribution in [0.5, 0.6) is 0 Å². The maximum atomic E-state index is 12.6. The lowest BCUT2D eigenvalue weighted by molar-refractivity contribution is -0.121. The molecule has 0 aromatic heterocycles. The summed E-state index contributed by atoms with van der Waals surface area (Å²) in [6, 6.07) is 15.3. The minimum atomic E-state index is -3.40. The third kappa shape index (κ3) is 6.66. The molecule has 2 aromatic rings. The quantitative estimate of drug-likeness (QED) is 0.591. The number of amides is 1. The zero-order valence-electron chi connectivity index (χ0n) is 19.9. The number of nitrogens with zero attached hydrogens (tertiary/aromatic N) is 2. The van der Waals surface area contributed by atoms with E-state index >= 15 is 0 Å². The summed E-state index contributed by atoms with van der Waals surface area (Å²) < 4.78 is 32.4. The van der Waals surface area contributed by atoms with Crippen molar-refractivity contribution >= 4 is 15.9 Å². The predicted octanol–water partition coefficient (Wildman–Crippen LogP) is 2.94. The van der Waals surface area contributed by atoms with E-state index in [1.807, 2.05) is 24.3 Å². The van der Waals surface area contributed by atoms with Crippen molar-refractivity contribution in [3.05, 3.63) is 65.2 Å². The molecule has 2 fully saturated rings. The molecule has 1 unspecified atom stereocenters. The lowest BCUT2D eigenvalue weighted by Crippen LogP contribution is -2.40. The molecule has 34 heavy (non-hydrogen) atoms. The van der Waals surface area contributed by atoms with E-state index in [-0.39, 0.29) is 12.0 Å². The molecule has 184 valence electrons. The maximum absolute atomic E-state index is 12.6. The van der Waals surface area contributed by atoms with E-state index < -0.39 is 10.0 Å². The Morgan fingerprint density at radius 3 is 2.50 bits per heavy atom. The average molecular weight is 486 g/mol. The molecule has 1 amide bonds. The van der Waals surface area contributed by atoms with Crippen LogP contribution in [0.4, 0.5) is 0 Å². The average Bonchev–Trinajstić information content (AvgIpc) is 3.38. The number of rotatable bonds is 9. The molecule has 2 aliphatic rings. The minimum absolute atomic E-state index is 0.0128. The number of benzene rings is 2. The molecule has 7 nitrogen and oxygen atoms in total. The number of aryl methyl sites for hydroxylation is 1. The van der Waals surface area contributed by atoms with Crippen molar-refractivity contribution in [2.45, 2.75) is 56.7 Å². The molecule has 8 heteroatoms. The van der Waals surface area contributed by atoms with Gasteiger partial charge in [-0.25, -0.2) is 8.42 Å². The molecule has 0 radical (unpaired) electrons. The molecule has 0 spiro atoms. The third-order valence-corrected chi connectivity index (χ3v) is 8.39. The Bertz CT molecular complexity index is 1070. The van der Waals surface area contributed by atoms with Gasteiger partial charge in [0.2, 0.25) is 15.9 Å².